The van der Waals surface area contributed by atoms with Gasteiger partial charge < -0.3 is 15.6 Å². The van der Waals surface area contributed by atoms with Gasteiger partial charge in [0.2, 0.25) is 0 Å². The highest BCUT2D eigenvalue weighted by atomic mass is 16.5. The molecular formula is C11H18N2O2. The van der Waals surface area contributed by atoms with Gasteiger partial charge in [0.1, 0.15) is 0 Å². The Bertz CT molecular complexity index is 267. The van der Waals surface area contributed by atoms with Crippen molar-refractivity contribution in [3.05, 3.63) is 30.1 Å². The third-order valence-corrected chi connectivity index (χ3v) is 2.40. The average Bonchev–Trinajstić information content (AvgIpc) is 2.29. The molecule has 84 valence electrons. The van der Waals surface area contributed by atoms with Crippen LogP contribution in [0.4, 0.5) is 0 Å². The van der Waals surface area contributed by atoms with E-state index in [0.29, 0.717) is 19.6 Å². The molecule has 3 N–H and O–H groups in total. The number of aromatic nitrogens is 1. The summed E-state index contributed by atoms with van der Waals surface area (Å²) in [4.78, 5) is 4.20. The molecule has 2 unspecified atom stereocenters. The quantitative estimate of drug-likeness (QED) is 0.718. The fraction of sp³-hybridized carbons (Fsp3) is 0.545. The molecule has 1 rings (SSSR count). The number of methoxy groups -OCH3 is 1. The van der Waals surface area contributed by atoms with Gasteiger partial charge in [0.05, 0.1) is 6.10 Å². The van der Waals surface area contributed by atoms with Crippen molar-refractivity contribution in [2.24, 2.45) is 5.73 Å². The van der Waals surface area contributed by atoms with Crippen LogP contribution in [-0.4, -0.2) is 36.5 Å². The number of rotatable bonds is 6. The molecule has 0 radical (unpaired) electrons. The summed E-state index contributed by atoms with van der Waals surface area (Å²) in [5.74, 6) is -0.110. The van der Waals surface area contributed by atoms with Crippen LogP contribution in [0.1, 0.15) is 18.0 Å². The maximum atomic E-state index is 9.89. The molecule has 0 fully saturated rings. The van der Waals surface area contributed by atoms with E-state index in [-0.39, 0.29) is 5.92 Å². The van der Waals surface area contributed by atoms with Crippen molar-refractivity contribution in [2.45, 2.75) is 18.4 Å². The standard InChI is InChI=1S/C11H18N2O2/c1-15-7-5-11(14)9(8-12)10-4-2-3-6-13-10/h2-4,6,9,11,14H,5,7-8,12H2,1H3. The predicted molar refractivity (Wildman–Crippen MR) is 58.5 cm³/mol. The van der Waals surface area contributed by atoms with Gasteiger partial charge in [0.25, 0.3) is 0 Å². The first-order valence-corrected chi connectivity index (χ1v) is 5.07. The molecule has 2 atom stereocenters. The lowest BCUT2D eigenvalue weighted by atomic mass is 9.96. The number of pyridine rings is 1. The third-order valence-electron chi connectivity index (χ3n) is 2.40. The first kappa shape index (κ1) is 12.1. The number of aliphatic hydroxyl groups excluding tert-OH is 1. The van der Waals surface area contributed by atoms with E-state index in [1.165, 1.54) is 0 Å². The maximum Gasteiger partial charge on any atom is 0.0658 e. The van der Waals surface area contributed by atoms with Gasteiger partial charge in [0, 0.05) is 38.1 Å². The van der Waals surface area contributed by atoms with Crippen molar-refractivity contribution >= 4 is 0 Å². The SMILES string of the molecule is COCCC(O)C(CN)c1ccccn1. The molecule has 0 spiro atoms. The third kappa shape index (κ3) is 3.58. The molecule has 4 heteroatoms. The molecule has 0 aliphatic rings. The molecule has 0 aliphatic heterocycles. The first-order valence-electron chi connectivity index (χ1n) is 5.07. The molecule has 15 heavy (non-hydrogen) atoms. The summed E-state index contributed by atoms with van der Waals surface area (Å²) in [6, 6.07) is 5.63. The van der Waals surface area contributed by atoms with Gasteiger partial charge in [-0.2, -0.15) is 0 Å². The summed E-state index contributed by atoms with van der Waals surface area (Å²) in [5, 5.41) is 9.89. The summed E-state index contributed by atoms with van der Waals surface area (Å²) >= 11 is 0. The number of aliphatic hydroxyl groups is 1. The Morgan fingerprint density at radius 3 is 2.87 bits per heavy atom. The molecule has 0 aromatic carbocycles. The van der Waals surface area contributed by atoms with Crippen LogP contribution >= 0.6 is 0 Å². The molecule has 1 aromatic rings. The fourth-order valence-corrected chi connectivity index (χ4v) is 1.51. The van der Waals surface area contributed by atoms with Gasteiger partial charge in [-0.05, 0) is 18.6 Å². The zero-order chi connectivity index (χ0) is 11.1. The van der Waals surface area contributed by atoms with Crippen LogP contribution in [0.2, 0.25) is 0 Å². The van der Waals surface area contributed by atoms with Gasteiger partial charge in [-0.25, -0.2) is 0 Å². The lowest BCUT2D eigenvalue weighted by molar-refractivity contribution is 0.0910. The summed E-state index contributed by atoms with van der Waals surface area (Å²) in [5.41, 5.74) is 6.47. The lowest BCUT2D eigenvalue weighted by Crippen LogP contribution is -2.27. The number of hydrogen-bond acceptors (Lipinski definition) is 4. The Balaban J connectivity index is 2.63. The largest absolute Gasteiger partial charge is 0.392 e. The van der Waals surface area contributed by atoms with Crippen molar-refractivity contribution in [1.29, 1.82) is 0 Å². The second kappa shape index (κ2) is 6.50. The topological polar surface area (TPSA) is 68.4 Å². The van der Waals surface area contributed by atoms with Crippen molar-refractivity contribution in [1.82, 2.24) is 4.98 Å². The second-order valence-corrected chi connectivity index (χ2v) is 3.45. The van der Waals surface area contributed by atoms with Crippen molar-refractivity contribution < 1.29 is 9.84 Å². The highest BCUT2D eigenvalue weighted by Gasteiger charge is 2.20. The highest BCUT2D eigenvalue weighted by Crippen LogP contribution is 2.18. The molecular weight excluding hydrogens is 192 g/mol. The van der Waals surface area contributed by atoms with Crippen LogP contribution in [0.3, 0.4) is 0 Å². The second-order valence-electron chi connectivity index (χ2n) is 3.45. The van der Waals surface area contributed by atoms with Gasteiger partial charge >= 0.3 is 0 Å². The zero-order valence-electron chi connectivity index (χ0n) is 8.97. The van der Waals surface area contributed by atoms with Crippen molar-refractivity contribution in [3.63, 3.8) is 0 Å². The van der Waals surface area contributed by atoms with Crippen LogP contribution in [-0.2, 0) is 4.74 Å². The molecule has 0 aliphatic carbocycles. The highest BCUT2D eigenvalue weighted by molar-refractivity contribution is 5.11. The van der Waals surface area contributed by atoms with Crippen LogP contribution in [0, 0.1) is 0 Å². The van der Waals surface area contributed by atoms with E-state index in [9.17, 15) is 5.11 Å². The number of nitrogens with zero attached hydrogens (tertiary/aromatic N) is 1. The van der Waals surface area contributed by atoms with E-state index < -0.39 is 6.10 Å². The van der Waals surface area contributed by atoms with E-state index in [0.717, 1.165) is 5.69 Å². The fourth-order valence-electron chi connectivity index (χ4n) is 1.51. The van der Waals surface area contributed by atoms with E-state index >= 15 is 0 Å². The monoisotopic (exact) mass is 210 g/mol. The molecule has 0 saturated carbocycles. The van der Waals surface area contributed by atoms with E-state index in [4.69, 9.17) is 10.5 Å². The Labute approximate surface area is 90.1 Å². The van der Waals surface area contributed by atoms with Gasteiger partial charge in [0.15, 0.2) is 0 Å². The van der Waals surface area contributed by atoms with Gasteiger partial charge in [-0.3, -0.25) is 4.98 Å². The number of nitrogens with two attached hydrogens (primary N) is 1. The molecule has 1 heterocycles. The summed E-state index contributed by atoms with van der Waals surface area (Å²) in [6.07, 6.45) is 1.79. The zero-order valence-corrected chi connectivity index (χ0v) is 8.97. The van der Waals surface area contributed by atoms with E-state index in [2.05, 4.69) is 4.98 Å². The van der Waals surface area contributed by atoms with Crippen molar-refractivity contribution in [3.8, 4) is 0 Å². The molecule has 0 amide bonds. The summed E-state index contributed by atoms with van der Waals surface area (Å²) in [7, 11) is 1.62. The number of ether oxygens (including phenoxy) is 1. The molecule has 1 aromatic heterocycles. The van der Waals surface area contributed by atoms with Crippen LogP contribution < -0.4 is 5.73 Å². The lowest BCUT2D eigenvalue weighted by Gasteiger charge is -2.20. The molecule has 4 nitrogen and oxygen atoms in total. The minimum Gasteiger partial charge on any atom is -0.392 e. The maximum absolute atomic E-state index is 9.89. The summed E-state index contributed by atoms with van der Waals surface area (Å²) < 4.78 is 4.92. The average molecular weight is 210 g/mol. The van der Waals surface area contributed by atoms with Crippen LogP contribution in [0.5, 0.6) is 0 Å². The number of hydrogen-bond donors (Lipinski definition) is 2. The smallest absolute Gasteiger partial charge is 0.0658 e. The molecule has 0 saturated heterocycles. The van der Waals surface area contributed by atoms with E-state index in [1.54, 1.807) is 13.3 Å². The first-order chi connectivity index (χ1) is 7.29. The minimum absolute atomic E-state index is 0.110. The van der Waals surface area contributed by atoms with Crippen LogP contribution in [0.25, 0.3) is 0 Å². The van der Waals surface area contributed by atoms with Gasteiger partial charge in [-0.1, -0.05) is 6.07 Å². The normalized spacial score (nSPS) is 14.9. The predicted octanol–water partition coefficient (Wildman–Crippen LogP) is 0.521. The Morgan fingerprint density at radius 1 is 1.53 bits per heavy atom. The van der Waals surface area contributed by atoms with E-state index in [1.807, 2.05) is 18.2 Å². The Hall–Kier alpha value is -0.970. The van der Waals surface area contributed by atoms with Gasteiger partial charge in [-0.15, -0.1) is 0 Å². The van der Waals surface area contributed by atoms with Crippen molar-refractivity contribution in [2.75, 3.05) is 20.3 Å². The minimum atomic E-state index is -0.496. The Kier molecular flexibility index (Phi) is 5.25. The Morgan fingerprint density at radius 2 is 2.33 bits per heavy atom. The molecule has 0 bridgehead atoms. The van der Waals surface area contributed by atoms with Crippen LogP contribution in [0.15, 0.2) is 24.4 Å². The summed E-state index contributed by atoms with van der Waals surface area (Å²) in [6.45, 7) is 0.923.